The number of nitrogens with one attached hydrogen (secondary N) is 1. The minimum absolute atomic E-state index is 0.124. The van der Waals surface area contributed by atoms with Crippen LogP contribution in [0, 0.1) is 5.92 Å². The van der Waals surface area contributed by atoms with E-state index in [0.717, 1.165) is 5.56 Å². The Labute approximate surface area is 174 Å². The summed E-state index contributed by atoms with van der Waals surface area (Å²) in [5.41, 5.74) is 1.25. The highest BCUT2D eigenvalue weighted by molar-refractivity contribution is 7.98. The van der Waals surface area contributed by atoms with Crippen LogP contribution in [0.4, 0.5) is 0 Å². The SMILES string of the molecule is CSc1ncccc1C(=O)OCC(=O)N[C@@H](c1ccc2c(c1)OCCO2)C(C)C. The fraction of sp³-hybridized carbons (Fsp3) is 0.381. The van der Waals surface area contributed by atoms with Crippen LogP contribution in [0.5, 0.6) is 11.5 Å². The number of amides is 1. The molecule has 0 aliphatic carbocycles. The number of hydrogen-bond donors (Lipinski definition) is 1. The molecule has 154 valence electrons. The van der Waals surface area contributed by atoms with Gasteiger partial charge in [-0.15, -0.1) is 11.8 Å². The number of carbonyl (C=O) groups excluding carboxylic acids is 2. The average molecular weight is 416 g/mol. The van der Waals surface area contributed by atoms with Crippen LogP contribution in [0.25, 0.3) is 0 Å². The molecule has 0 saturated carbocycles. The molecule has 8 heteroatoms. The van der Waals surface area contributed by atoms with E-state index in [2.05, 4.69) is 10.3 Å². The Morgan fingerprint density at radius 1 is 1.21 bits per heavy atom. The Kier molecular flexibility index (Phi) is 6.98. The Morgan fingerprint density at radius 3 is 2.69 bits per heavy atom. The number of esters is 1. The minimum atomic E-state index is -0.571. The van der Waals surface area contributed by atoms with Gasteiger partial charge < -0.3 is 19.5 Å². The maximum Gasteiger partial charge on any atom is 0.341 e. The van der Waals surface area contributed by atoms with E-state index < -0.39 is 5.97 Å². The third-order valence-corrected chi connectivity index (χ3v) is 5.14. The first-order valence-corrected chi connectivity index (χ1v) is 10.6. The van der Waals surface area contributed by atoms with Gasteiger partial charge in [0.25, 0.3) is 5.91 Å². The van der Waals surface area contributed by atoms with E-state index in [4.69, 9.17) is 14.2 Å². The van der Waals surface area contributed by atoms with E-state index in [1.54, 1.807) is 18.3 Å². The second-order valence-electron chi connectivity index (χ2n) is 6.83. The lowest BCUT2D eigenvalue weighted by Crippen LogP contribution is -2.35. The second-order valence-corrected chi connectivity index (χ2v) is 7.62. The maximum atomic E-state index is 12.4. The topological polar surface area (TPSA) is 86.8 Å². The Bertz CT molecular complexity index is 887. The first-order valence-electron chi connectivity index (χ1n) is 9.34. The number of fused-ring (bicyclic) bond motifs is 1. The van der Waals surface area contributed by atoms with Gasteiger partial charge in [-0.25, -0.2) is 9.78 Å². The van der Waals surface area contributed by atoms with Crippen LogP contribution in [0.2, 0.25) is 0 Å². The van der Waals surface area contributed by atoms with Crippen LogP contribution in [-0.2, 0) is 9.53 Å². The molecular formula is C21H24N2O5S. The fourth-order valence-electron chi connectivity index (χ4n) is 3.02. The van der Waals surface area contributed by atoms with E-state index in [9.17, 15) is 9.59 Å². The van der Waals surface area contributed by atoms with Crippen molar-refractivity contribution < 1.29 is 23.8 Å². The highest BCUT2D eigenvalue weighted by atomic mass is 32.2. The predicted molar refractivity (Wildman–Crippen MR) is 109 cm³/mol. The minimum Gasteiger partial charge on any atom is -0.486 e. The molecule has 0 unspecified atom stereocenters. The number of hydrogen-bond acceptors (Lipinski definition) is 7. The molecule has 0 radical (unpaired) electrons. The van der Waals surface area contributed by atoms with Gasteiger partial charge in [0, 0.05) is 6.20 Å². The Morgan fingerprint density at radius 2 is 1.97 bits per heavy atom. The van der Waals surface area contributed by atoms with Crippen LogP contribution in [0.1, 0.15) is 35.8 Å². The number of nitrogens with zero attached hydrogens (tertiary/aromatic N) is 1. The molecule has 0 saturated heterocycles. The van der Waals surface area contributed by atoms with E-state index in [1.165, 1.54) is 11.8 Å². The van der Waals surface area contributed by atoms with Crippen molar-refractivity contribution in [3.63, 3.8) is 0 Å². The summed E-state index contributed by atoms with van der Waals surface area (Å²) < 4.78 is 16.4. The number of carbonyl (C=O) groups is 2. The molecule has 0 bridgehead atoms. The third kappa shape index (κ3) is 5.20. The molecule has 1 atom stereocenters. The summed E-state index contributed by atoms with van der Waals surface area (Å²) in [7, 11) is 0. The number of ether oxygens (including phenoxy) is 3. The summed E-state index contributed by atoms with van der Waals surface area (Å²) in [6.45, 7) is 4.67. The van der Waals surface area contributed by atoms with Crippen molar-refractivity contribution in [1.29, 1.82) is 0 Å². The van der Waals surface area contributed by atoms with Crippen molar-refractivity contribution >= 4 is 23.6 Å². The largest absolute Gasteiger partial charge is 0.486 e. The fourth-order valence-corrected chi connectivity index (χ4v) is 3.56. The first-order chi connectivity index (χ1) is 14.0. The average Bonchev–Trinajstić information content (AvgIpc) is 2.75. The predicted octanol–water partition coefficient (Wildman–Crippen LogP) is 3.25. The molecular weight excluding hydrogens is 392 g/mol. The molecule has 1 aliphatic rings. The van der Waals surface area contributed by atoms with Crippen LogP contribution in [0.15, 0.2) is 41.6 Å². The van der Waals surface area contributed by atoms with Crippen molar-refractivity contribution in [1.82, 2.24) is 10.3 Å². The van der Waals surface area contributed by atoms with Crippen molar-refractivity contribution in [3.05, 3.63) is 47.7 Å². The van der Waals surface area contributed by atoms with E-state index in [-0.39, 0.29) is 24.5 Å². The van der Waals surface area contributed by atoms with Crippen LogP contribution in [0.3, 0.4) is 0 Å². The monoisotopic (exact) mass is 416 g/mol. The Hall–Kier alpha value is -2.74. The highest BCUT2D eigenvalue weighted by Crippen LogP contribution is 2.34. The summed E-state index contributed by atoms with van der Waals surface area (Å²) in [6, 6.07) is 8.67. The highest BCUT2D eigenvalue weighted by Gasteiger charge is 2.22. The maximum absolute atomic E-state index is 12.4. The quantitative estimate of drug-likeness (QED) is 0.548. The van der Waals surface area contributed by atoms with Crippen LogP contribution >= 0.6 is 11.8 Å². The molecule has 2 aromatic rings. The van der Waals surface area contributed by atoms with E-state index in [0.29, 0.717) is 35.3 Å². The summed E-state index contributed by atoms with van der Waals surface area (Å²) in [5.74, 6) is 0.545. The molecule has 29 heavy (non-hydrogen) atoms. The summed E-state index contributed by atoms with van der Waals surface area (Å²) >= 11 is 1.35. The molecule has 1 aromatic carbocycles. The molecule has 0 fully saturated rings. The van der Waals surface area contributed by atoms with Crippen molar-refractivity contribution in [2.45, 2.75) is 24.9 Å². The zero-order valence-electron chi connectivity index (χ0n) is 16.6. The molecule has 1 N–H and O–H groups in total. The lowest BCUT2D eigenvalue weighted by molar-refractivity contribution is -0.125. The summed E-state index contributed by atoms with van der Waals surface area (Å²) in [4.78, 5) is 28.9. The lowest BCUT2D eigenvalue weighted by atomic mass is 9.95. The van der Waals surface area contributed by atoms with Gasteiger partial charge in [-0.3, -0.25) is 4.79 Å². The zero-order chi connectivity index (χ0) is 20.8. The molecule has 1 amide bonds. The number of aromatic nitrogens is 1. The second kappa shape index (κ2) is 9.65. The van der Waals surface area contributed by atoms with Crippen molar-refractivity contribution in [2.75, 3.05) is 26.1 Å². The summed E-state index contributed by atoms with van der Waals surface area (Å²) in [6.07, 6.45) is 3.43. The van der Waals surface area contributed by atoms with Gasteiger partial charge >= 0.3 is 5.97 Å². The number of benzene rings is 1. The van der Waals surface area contributed by atoms with E-state index in [1.807, 2.05) is 38.3 Å². The first kappa shape index (κ1) is 21.0. The van der Waals surface area contributed by atoms with Crippen LogP contribution in [-0.4, -0.2) is 42.9 Å². The van der Waals surface area contributed by atoms with Crippen LogP contribution < -0.4 is 14.8 Å². The van der Waals surface area contributed by atoms with Gasteiger partial charge in [0.15, 0.2) is 18.1 Å². The molecule has 0 spiro atoms. The van der Waals surface area contributed by atoms with Crippen molar-refractivity contribution in [2.24, 2.45) is 5.92 Å². The number of pyridine rings is 1. The number of thioether (sulfide) groups is 1. The lowest BCUT2D eigenvalue weighted by Gasteiger charge is -2.25. The Balaban J connectivity index is 1.63. The molecule has 1 aliphatic heterocycles. The van der Waals surface area contributed by atoms with Gasteiger partial charge in [-0.05, 0) is 42.0 Å². The number of rotatable bonds is 7. The zero-order valence-corrected chi connectivity index (χ0v) is 17.5. The van der Waals surface area contributed by atoms with Crippen molar-refractivity contribution in [3.8, 4) is 11.5 Å². The molecule has 3 rings (SSSR count). The van der Waals surface area contributed by atoms with Gasteiger partial charge in [0.2, 0.25) is 0 Å². The van der Waals surface area contributed by atoms with Gasteiger partial charge in [0.05, 0.1) is 11.6 Å². The van der Waals surface area contributed by atoms with Gasteiger partial charge in [-0.2, -0.15) is 0 Å². The molecule has 7 nitrogen and oxygen atoms in total. The smallest absolute Gasteiger partial charge is 0.341 e. The normalized spacial score (nSPS) is 13.7. The standard InChI is InChI=1S/C21H24N2O5S/c1-13(2)19(14-6-7-16-17(11-14)27-10-9-26-16)23-18(24)12-28-21(25)15-5-4-8-22-20(15)29-3/h4-8,11,13,19H,9-10,12H2,1-3H3,(H,23,24)/t19-/m1/s1. The third-order valence-electron chi connectivity index (χ3n) is 4.43. The van der Waals surface area contributed by atoms with Gasteiger partial charge in [-0.1, -0.05) is 19.9 Å². The van der Waals surface area contributed by atoms with E-state index >= 15 is 0 Å². The molecule has 2 heterocycles. The van der Waals surface area contributed by atoms with Gasteiger partial charge in [0.1, 0.15) is 18.2 Å². The summed E-state index contributed by atoms with van der Waals surface area (Å²) in [5, 5.41) is 3.51. The molecule has 1 aromatic heterocycles.